The Kier molecular flexibility index (Phi) is 4.81. The minimum atomic E-state index is -3.57. The van der Waals surface area contributed by atoms with E-state index in [9.17, 15) is 8.42 Å². The third-order valence-electron chi connectivity index (χ3n) is 2.63. The second-order valence-electron chi connectivity index (χ2n) is 4.27. The largest absolute Gasteiger partial charge is 0.280 e. The Labute approximate surface area is 125 Å². The van der Waals surface area contributed by atoms with Crippen molar-refractivity contribution >= 4 is 15.7 Å². The predicted molar refractivity (Wildman–Crippen MR) is 85.4 cm³/mol. The van der Waals surface area contributed by atoms with Crippen LogP contribution in [-0.2, 0) is 10.0 Å². The maximum Gasteiger partial charge on any atom is 0.261 e. The first-order valence-corrected chi connectivity index (χ1v) is 7.91. The van der Waals surface area contributed by atoms with Crippen LogP contribution in [0.15, 0.2) is 71.6 Å². The Hall–Kier alpha value is -2.51. The molecule has 21 heavy (non-hydrogen) atoms. The van der Waals surface area contributed by atoms with E-state index in [0.29, 0.717) is 5.69 Å². The Balaban J connectivity index is 2.25. The average Bonchev–Trinajstić information content (AvgIpc) is 2.48. The predicted octanol–water partition coefficient (Wildman–Crippen LogP) is 3.42. The van der Waals surface area contributed by atoms with Gasteiger partial charge in [0.05, 0.1) is 10.6 Å². The van der Waals surface area contributed by atoms with Crippen LogP contribution in [0.25, 0.3) is 0 Å². The van der Waals surface area contributed by atoms with Crippen molar-refractivity contribution in [3.8, 4) is 11.8 Å². The Morgan fingerprint density at radius 2 is 1.81 bits per heavy atom. The first kappa shape index (κ1) is 14.9. The van der Waals surface area contributed by atoms with Gasteiger partial charge in [-0.25, -0.2) is 8.42 Å². The van der Waals surface area contributed by atoms with Gasteiger partial charge in [-0.05, 0) is 43.3 Å². The lowest BCUT2D eigenvalue weighted by Gasteiger charge is -2.08. The van der Waals surface area contributed by atoms with Gasteiger partial charge in [0, 0.05) is 5.56 Å². The molecule has 0 saturated heterocycles. The molecular weight excluding hydrogens is 282 g/mol. The summed E-state index contributed by atoms with van der Waals surface area (Å²) in [7, 11) is -3.57. The van der Waals surface area contributed by atoms with Crippen LogP contribution in [0.5, 0.6) is 0 Å². The molecule has 2 rings (SSSR count). The molecule has 0 heterocycles. The smallest absolute Gasteiger partial charge is 0.261 e. The maximum absolute atomic E-state index is 12.2. The van der Waals surface area contributed by atoms with Gasteiger partial charge in [-0.15, -0.1) is 0 Å². The molecule has 0 saturated carbocycles. The van der Waals surface area contributed by atoms with Gasteiger partial charge in [-0.3, -0.25) is 4.72 Å². The zero-order chi connectivity index (χ0) is 15.1. The zero-order valence-electron chi connectivity index (χ0n) is 11.6. The van der Waals surface area contributed by atoms with Crippen LogP contribution in [0.4, 0.5) is 5.69 Å². The van der Waals surface area contributed by atoms with E-state index in [0.717, 1.165) is 5.56 Å². The van der Waals surface area contributed by atoms with Crippen molar-refractivity contribution in [3.05, 3.63) is 72.3 Å². The molecule has 0 aliphatic heterocycles. The highest BCUT2D eigenvalue weighted by Crippen LogP contribution is 2.16. The van der Waals surface area contributed by atoms with E-state index in [2.05, 4.69) is 16.6 Å². The number of hydrogen-bond acceptors (Lipinski definition) is 2. The molecule has 106 valence electrons. The lowest BCUT2D eigenvalue weighted by atomic mass is 10.2. The zero-order valence-corrected chi connectivity index (χ0v) is 12.4. The molecule has 0 aromatic heterocycles. The minimum Gasteiger partial charge on any atom is -0.280 e. The molecule has 0 unspecified atom stereocenters. The quantitative estimate of drug-likeness (QED) is 0.882. The van der Waals surface area contributed by atoms with Gasteiger partial charge in [-0.1, -0.05) is 42.2 Å². The number of allylic oxidation sites excluding steroid dienone is 2. The lowest BCUT2D eigenvalue weighted by Crippen LogP contribution is -2.12. The molecule has 3 nitrogen and oxygen atoms in total. The van der Waals surface area contributed by atoms with Crippen molar-refractivity contribution in [1.82, 2.24) is 0 Å². The molecule has 2 aromatic rings. The Morgan fingerprint density at radius 3 is 2.52 bits per heavy atom. The van der Waals surface area contributed by atoms with Gasteiger partial charge < -0.3 is 0 Å². The van der Waals surface area contributed by atoms with E-state index >= 15 is 0 Å². The van der Waals surface area contributed by atoms with E-state index in [1.165, 1.54) is 0 Å². The van der Waals surface area contributed by atoms with Crippen molar-refractivity contribution in [2.75, 3.05) is 4.72 Å². The van der Waals surface area contributed by atoms with E-state index in [4.69, 9.17) is 0 Å². The van der Waals surface area contributed by atoms with Gasteiger partial charge in [0.25, 0.3) is 10.0 Å². The molecule has 0 amide bonds. The second kappa shape index (κ2) is 6.78. The van der Waals surface area contributed by atoms with E-state index in [1.807, 2.05) is 19.1 Å². The highest BCUT2D eigenvalue weighted by Gasteiger charge is 2.13. The number of sulfonamides is 1. The van der Waals surface area contributed by atoms with Gasteiger partial charge >= 0.3 is 0 Å². The van der Waals surface area contributed by atoms with Crippen LogP contribution in [0.2, 0.25) is 0 Å². The summed E-state index contributed by atoms with van der Waals surface area (Å²) >= 11 is 0. The highest BCUT2D eigenvalue weighted by molar-refractivity contribution is 7.92. The lowest BCUT2D eigenvalue weighted by molar-refractivity contribution is 0.601. The summed E-state index contributed by atoms with van der Waals surface area (Å²) in [5.41, 5.74) is 1.24. The molecule has 1 N–H and O–H groups in total. The molecule has 0 fully saturated rings. The Morgan fingerprint density at radius 1 is 1.05 bits per heavy atom. The monoisotopic (exact) mass is 297 g/mol. The van der Waals surface area contributed by atoms with Crippen LogP contribution in [0, 0.1) is 11.8 Å². The summed E-state index contributed by atoms with van der Waals surface area (Å²) in [5.74, 6) is 5.81. The summed E-state index contributed by atoms with van der Waals surface area (Å²) in [6.45, 7) is 1.89. The van der Waals surface area contributed by atoms with Crippen LogP contribution < -0.4 is 4.72 Å². The highest BCUT2D eigenvalue weighted by atomic mass is 32.2. The molecule has 2 aromatic carbocycles. The van der Waals surface area contributed by atoms with Gasteiger partial charge in [0.1, 0.15) is 0 Å². The SMILES string of the molecule is C/C=C/C#Cc1cccc(NS(=O)(=O)c2ccccc2)c1. The fourth-order valence-corrected chi connectivity index (χ4v) is 2.75. The third kappa shape index (κ3) is 4.23. The molecule has 0 radical (unpaired) electrons. The van der Waals surface area contributed by atoms with E-state index < -0.39 is 10.0 Å². The second-order valence-corrected chi connectivity index (χ2v) is 5.95. The van der Waals surface area contributed by atoms with Crippen LogP contribution in [0.3, 0.4) is 0 Å². The summed E-state index contributed by atoms with van der Waals surface area (Å²) in [4.78, 5) is 0.232. The van der Waals surface area contributed by atoms with Gasteiger partial charge in [0.15, 0.2) is 0 Å². The van der Waals surface area contributed by atoms with Gasteiger partial charge in [0.2, 0.25) is 0 Å². The van der Waals surface area contributed by atoms with E-state index in [1.54, 1.807) is 54.6 Å². The first-order valence-electron chi connectivity index (χ1n) is 6.42. The maximum atomic E-state index is 12.2. The minimum absolute atomic E-state index is 0.232. The number of nitrogens with one attached hydrogen (secondary N) is 1. The van der Waals surface area contributed by atoms with Crippen molar-refractivity contribution in [2.45, 2.75) is 11.8 Å². The van der Waals surface area contributed by atoms with Crippen LogP contribution in [-0.4, -0.2) is 8.42 Å². The van der Waals surface area contributed by atoms with Crippen LogP contribution in [0.1, 0.15) is 12.5 Å². The normalized spacial score (nSPS) is 10.9. The molecule has 4 heteroatoms. The summed E-state index contributed by atoms with van der Waals surface area (Å²) in [6.07, 6.45) is 3.58. The molecule has 0 spiro atoms. The third-order valence-corrected chi connectivity index (χ3v) is 4.03. The number of anilines is 1. The standard InChI is InChI=1S/C17H15NO2S/c1-2-3-5-9-15-10-8-11-16(14-15)18-21(19,20)17-12-6-4-7-13-17/h2-4,6-8,10-14,18H,1H3/b3-2+. The number of benzene rings is 2. The summed E-state index contributed by atoms with van der Waals surface area (Å²) in [6, 6.07) is 15.3. The summed E-state index contributed by atoms with van der Waals surface area (Å²) < 4.78 is 27.0. The average molecular weight is 297 g/mol. The van der Waals surface area contributed by atoms with Crippen molar-refractivity contribution < 1.29 is 8.42 Å². The van der Waals surface area contributed by atoms with Crippen LogP contribution >= 0.6 is 0 Å². The topological polar surface area (TPSA) is 46.2 Å². The van der Waals surface area contributed by atoms with Crippen molar-refractivity contribution in [3.63, 3.8) is 0 Å². The fourth-order valence-electron chi connectivity index (χ4n) is 1.68. The van der Waals surface area contributed by atoms with Crippen molar-refractivity contribution in [1.29, 1.82) is 0 Å². The van der Waals surface area contributed by atoms with E-state index in [-0.39, 0.29) is 4.90 Å². The molecule has 0 atom stereocenters. The molecule has 0 aliphatic carbocycles. The van der Waals surface area contributed by atoms with Gasteiger partial charge in [-0.2, -0.15) is 0 Å². The summed E-state index contributed by atoms with van der Waals surface area (Å²) in [5, 5.41) is 0. The fraction of sp³-hybridized carbons (Fsp3) is 0.0588. The number of hydrogen-bond donors (Lipinski definition) is 1. The molecule has 0 bridgehead atoms. The molecule has 0 aliphatic rings. The molecular formula is C17H15NO2S. The van der Waals surface area contributed by atoms with Crippen molar-refractivity contribution in [2.24, 2.45) is 0 Å². The number of rotatable bonds is 3. The Bertz CT molecular complexity index is 797. The first-order chi connectivity index (χ1) is 10.1.